The molecule has 0 aromatic rings. The summed E-state index contributed by atoms with van der Waals surface area (Å²) in [6.45, 7) is 9.46. The smallest absolute Gasteiger partial charge is 0.0150 e. The second-order valence-corrected chi connectivity index (χ2v) is 5.91. The average Bonchev–Trinajstić information content (AvgIpc) is 2.04. The van der Waals surface area contributed by atoms with Crippen molar-refractivity contribution in [2.75, 3.05) is 7.05 Å². The summed E-state index contributed by atoms with van der Waals surface area (Å²) in [7, 11) is 2.08. The summed E-state index contributed by atoms with van der Waals surface area (Å²) in [5.74, 6) is 0.866. The lowest BCUT2D eigenvalue weighted by Gasteiger charge is -2.42. The first-order chi connectivity index (χ1) is 5.87. The lowest BCUT2D eigenvalue weighted by Crippen LogP contribution is -2.45. The van der Waals surface area contributed by atoms with Gasteiger partial charge in [0.2, 0.25) is 0 Å². The molecule has 13 heavy (non-hydrogen) atoms. The van der Waals surface area contributed by atoms with Gasteiger partial charge < -0.3 is 5.32 Å². The Kier molecular flexibility index (Phi) is 3.06. The van der Waals surface area contributed by atoms with Crippen LogP contribution in [-0.2, 0) is 0 Å². The van der Waals surface area contributed by atoms with Gasteiger partial charge in [0.15, 0.2) is 0 Å². The molecule has 0 unspecified atom stereocenters. The summed E-state index contributed by atoms with van der Waals surface area (Å²) < 4.78 is 0. The van der Waals surface area contributed by atoms with Crippen LogP contribution in [0.4, 0.5) is 0 Å². The van der Waals surface area contributed by atoms with Crippen LogP contribution in [0.25, 0.3) is 0 Å². The molecule has 0 atom stereocenters. The van der Waals surface area contributed by atoms with Crippen molar-refractivity contribution in [2.24, 2.45) is 11.3 Å². The molecule has 0 amide bonds. The third-order valence-corrected chi connectivity index (χ3v) is 4.00. The lowest BCUT2D eigenvalue weighted by molar-refractivity contribution is 0.129. The monoisotopic (exact) mass is 183 g/mol. The Morgan fingerprint density at radius 3 is 2.00 bits per heavy atom. The van der Waals surface area contributed by atoms with Crippen molar-refractivity contribution in [3.8, 4) is 0 Å². The van der Waals surface area contributed by atoms with Gasteiger partial charge in [-0.05, 0) is 57.9 Å². The molecule has 0 aliphatic heterocycles. The molecule has 1 fully saturated rings. The summed E-state index contributed by atoms with van der Waals surface area (Å²) in [5, 5.41) is 3.44. The molecule has 1 nitrogen and oxygen atoms in total. The second-order valence-electron chi connectivity index (χ2n) is 5.91. The predicted molar refractivity (Wildman–Crippen MR) is 58.9 cm³/mol. The Bertz CT molecular complexity index is 160. The standard InChI is InChI=1S/C12H25N/c1-11(2)8-6-10(7-9-11)12(3,4)13-5/h10,13H,6-9H2,1-5H3. The van der Waals surface area contributed by atoms with Crippen LogP contribution >= 0.6 is 0 Å². The number of rotatable bonds is 2. The molecule has 1 aliphatic rings. The first-order valence-corrected chi connectivity index (χ1v) is 5.56. The Labute approximate surface area is 83.3 Å². The molecule has 1 saturated carbocycles. The Morgan fingerprint density at radius 1 is 1.15 bits per heavy atom. The highest BCUT2D eigenvalue weighted by Gasteiger charge is 2.34. The Hall–Kier alpha value is -0.0400. The maximum Gasteiger partial charge on any atom is 0.0150 e. The largest absolute Gasteiger partial charge is 0.315 e. The highest BCUT2D eigenvalue weighted by atomic mass is 14.9. The Morgan fingerprint density at radius 2 is 1.62 bits per heavy atom. The normalized spacial score (nSPS) is 24.7. The van der Waals surface area contributed by atoms with Crippen molar-refractivity contribution in [1.29, 1.82) is 0 Å². The van der Waals surface area contributed by atoms with Gasteiger partial charge in [0.25, 0.3) is 0 Å². The van der Waals surface area contributed by atoms with Crippen molar-refractivity contribution >= 4 is 0 Å². The van der Waals surface area contributed by atoms with Gasteiger partial charge in [0.1, 0.15) is 0 Å². The van der Waals surface area contributed by atoms with Crippen molar-refractivity contribution in [2.45, 2.75) is 58.9 Å². The van der Waals surface area contributed by atoms with E-state index in [1.54, 1.807) is 0 Å². The minimum Gasteiger partial charge on any atom is -0.315 e. The molecule has 0 radical (unpaired) electrons. The molecule has 0 aromatic carbocycles. The van der Waals surface area contributed by atoms with Gasteiger partial charge in [-0.2, -0.15) is 0 Å². The third kappa shape index (κ3) is 2.70. The van der Waals surface area contributed by atoms with E-state index in [0.29, 0.717) is 11.0 Å². The van der Waals surface area contributed by atoms with Crippen LogP contribution in [0.2, 0.25) is 0 Å². The van der Waals surface area contributed by atoms with Gasteiger partial charge in [-0.25, -0.2) is 0 Å². The zero-order chi connectivity index (χ0) is 10.1. The fourth-order valence-electron chi connectivity index (χ4n) is 2.33. The molecule has 0 bridgehead atoms. The molecule has 1 aliphatic carbocycles. The fourth-order valence-corrected chi connectivity index (χ4v) is 2.33. The van der Waals surface area contributed by atoms with Crippen molar-refractivity contribution in [3.05, 3.63) is 0 Å². The van der Waals surface area contributed by atoms with Crippen molar-refractivity contribution < 1.29 is 0 Å². The van der Waals surface area contributed by atoms with Crippen molar-refractivity contribution in [3.63, 3.8) is 0 Å². The van der Waals surface area contributed by atoms with Gasteiger partial charge in [0, 0.05) is 5.54 Å². The average molecular weight is 183 g/mol. The summed E-state index contributed by atoms with van der Waals surface area (Å²) >= 11 is 0. The van der Waals surface area contributed by atoms with Crippen molar-refractivity contribution in [1.82, 2.24) is 5.32 Å². The third-order valence-electron chi connectivity index (χ3n) is 4.00. The molecule has 0 aromatic heterocycles. The fraction of sp³-hybridized carbons (Fsp3) is 1.00. The zero-order valence-electron chi connectivity index (χ0n) is 9.91. The van der Waals surface area contributed by atoms with Crippen LogP contribution in [0.1, 0.15) is 53.4 Å². The van der Waals surface area contributed by atoms with Crippen LogP contribution in [0.5, 0.6) is 0 Å². The van der Waals surface area contributed by atoms with E-state index in [2.05, 4.69) is 40.1 Å². The maximum absolute atomic E-state index is 3.44. The maximum atomic E-state index is 3.44. The highest BCUT2D eigenvalue weighted by molar-refractivity contribution is 4.90. The predicted octanol–water partition coefficient (Wildman–Crippen LogP) is 3.20. The summed E-state index contributed by atoms with van der Waals surface area (Å²) in [6, 6.07) is 0. The summed E-state index contributed by atoms with van der Waals surface area (Å²) in [5.41, 5.74) is 0.927. The molecule has 0 spiro atoms. The second kappa shape index (κ2) is 3.61. The van der Waals surface area contributed by atoms with Gasteiger partial charge in [-0.1, -0.05) is 13.8 Å². The molecule has 1 heteroatoms. The van der Waals surface area contributed by atoms with Crippen LogP contribution in [-0.4, -0.2) is 12.6 Å². The molecular weight excluding hydrogens is 158 g/mol. The first kappa shape index (κ1) is 11.0. The van der Waals surface area contributed by atoms with Crippen LogP contribution in [0.3, 0.4) is 0 Å². The number of nitrogens with one attached hydrogen (secondary N) is 1. The topological polar surface area (TPSA) is 12.0 Å². The summed E-state index contributed by atoms with van der Waals surface area (Å²) in [6.07, 6.45) is 5.56. The van der Waals surface area contributed by atoms with E-state index in [0.717, 1.165) is 5.92 Å². The highest BCUT2D eigenvalue weighted by Crippen LogP contribution is 2.41. The summed E-state index contributed by atoms with van der Waals surface area (Å²) in [4.78, 5) is 0. The van der Waals surface area contributed by atoms with E-state index in [1.165, 1.54) is 25.7 Å². The first-order valence-electron chi connectivity index (χ1n) is 5.56. The number of hydrogen-bond acceptors (Lipinski definition) is 1. The molecule has 78 valence electrons. The van der Waals surface area contributed by atoms with E-state index < -0.39 is 0 Å². The molecule has 0 saturated heterocycles. The molecule has 1 N–H and O–H groups in total. The van der Waals surface area contributed by atoms with Crippen LogP contribution < -0.4 is 5.32 Å². The van der Waals surface area contributed by atoms with Gasteiger partial charge in [0.05, 0.1) is 0 Å². The number of hydrogen-bond donors (Lipinski definition) is 1. The van der Waals surface area contributed by atoms with E-state index in [9.17, 15) is 0 Å². The van der Waals surface area contributed by atoms with E-state index in [1.807, 2.05) is 0 Å². The van der Waals surface area contributed by atoms with Gasteiger partial charge >= 0.3 is 0 Å². The minimum absolute atomic E-state index is 0.330. The van der Waals surface area contributed by atoms with Gasteiger partial charge in [-0.3, -0.25) is 0 Å². The molecular formula is C12H25N. The Balaban J connectivity index is 2.50. The minimum atomic E-state index is 0.330. The van der Waals surface area contributed by atoms with E-state index in [4.69, 9.17) is 0 Å². The van der Waals surface area contributed by atoms with Crippen LogP contribution in [0.15, 0.2) is 0 Å². The molecule has 1 rings (SSSR count). The quantitative estimate of drug-likeness (QED) is 0.693. The lowest BCUT2D eigenvalue weighted by atomic mass is 9.68. The molecule has 0 heterocycles. The van der Waals surface area contributed by atoms with Gasteiger partial charge in [-0.15, -0.1) is 0 Å². The van der Waals surface area contributed by atoms with Crippen LogP contribution in [0, 0.1) is 11.3 Å². The SMILES string of the molecule is CNC(C)(C)C1CCC(C)(C)CC1. The van der Waals surface area contributed by atoms with E-state index >= 15 is 0 Å². The van der Waals surface area contributed by atoms with E-state index in [-0.39, 0.29) is 0 Å². The zero-order valence-corrected chi connectivity index (χ0v) is 9.91.